The van der Waals surface area contributed by atoms with Gasteiger partial charge in [0.2, 0.25) is 0 Å². The second-order valence-corrected chi connectivity index (χ2v) is 10.4. The average Bonchev–Trinajstić information content (AvgIpc) is 3.24. The minimum absolute atomic E-state index is 0.00465. The Bertz CT molecular complexity index is 1160. The number of rotatable bonds is 7. The van der Waals surface area contributed by atoms with E-state index in [-0.39, 0.29) is 59.7 Å². The van der Waals surface area contributed by atoms with Crippen LogP contribution in [0.2, 0.25) is 0 Å². The summed E-state index contributed by atoms with van der Waals surface area (Å²) in [6, 6.07) is 9.61. The molecule has 1 heterocycles. The molecule has 0 amide bonds. The molecule has 35 heavy (non-hydrogen) atoms. The Morgan fingerprint density at radius 1 is 1.17 bits per heavy atom. The van der Waals surface area contributed by atoms with Crippen LogP contribution < -0.4 is 0 Å². The third-order valence-electron chi connectivity index (χ3n) is 7.01. The largest absolute Gasteiger partial charge is 0.511 e. The first kappa shape index (κ1) is 25.0. The molecule has 1 aromatic carbocycles. The van der Waals surface area contributed by atoms with Crippen LogP contribution in [0.15, 0.2) is 51.2 Å². The number of aliphatic imine (C=N–C) groups is 1. The molecule has 1 aromatic heterocycles. The fourth-order valence-corrected chi connectivity index (χ4v) is 5.14. The summed E-state index contributed by atoms with van der Waals surface area (Å²) in [5.41, 5.74) is 2.68. The smallest absolute Gasteiger partial charge is 0.168 e. The van der Waals surface area contributed by atoms with E-state index >= 15 is 0 Å². The first-order valence-electron chi connectivity index (χ1n) is 12.4. The quantitative estimate of drug-likeness (QED) is 0.431. The van der Waals surface area contributed by atoms with Gasteiger partial charge < -0.3 is 14.7 Å². The second kappa shape index (κ2) is 10.3. The summed E-state index contributed by atoms with van der Waals surface area (Å²) in [6.07, 6.45) is 2.95. The Hall–Kier alpha value is -3.06. The molecule has 186 valence electrons. The maximum absolute atomic E-state index is 13.0. The zero-order valence-corrected chi connectivity index (χ0v) is 20.7. The first-order chi connectivity index (χ1) is 16.7. The van der Waals surface area contributed by atoms with Gasteiger partial charge in [-0.15, -0.1) is 0 Å². The van der Waals surface area contributed by atoms with Gasteiger partial charge >= 0.3 is 0 Å². The van der Waals surface area contributed by atoms with Crippen LogP contribution in [0.3, 0.4) is 0 Å². The number of ketones is 2. The van der Waals surface area contributed by atoms with Crippen LogP contribution in [-0.2, 0) is 17.6 Å². The molecule has 0 aliphatic heterocycles. The maximum atomic E-state index is 13.0. The second-order valence-electron chi connectivity index (χ2n) is 10.4. The molecule has 0 radical (unpaired) electrons. The SMILES string of the molecule is CCC(CO)N=C1CC(C)(C)CC(=O)C1=C(O)CCc1noc2c1C(=O)CC(c1ccccc1)C2. The molecular formula is C28H34N2O5. The van der Waals surface area contributed by atoms with Crippen LogP contribution in [0.1, 0.15) is 86.2 Å². The number of hydrogen-bond donors (Lipinski definition) is 2. The van der Waals surface area contributed by atoms with E-state index in [1.165, 1.54) is 0 Å². The number of aliphatic hydroxyl groups is 2. The Labute approximate surface area is 205 Å². The molecule has 2 aromatic rings. The number of fused-ring (bicyclic) bond motifs is 1. The van der Waals surface area contributed by atoms with Crippen molar-refractivity contribution in [1.82, 2.24) is 5.16 Å². The van der Waals surface area contributed by atoms with Crippen molar-refractivity contribution in [1.29, 1.82) is 0 Å². The van der Waals surface area contributed by atoms with E-state index in [0.29, 0.717) is 54.8 Å². The summed E-state index contributed by atoms with van der Waals surface area (Å²) in [7, 11) is 0. The molecule has 7 heteroatoms. The number of hydrogen-bond acceptors (Lipinski definition) is 7. The summed E-state index contributed by atoms with van der Waals surface area (Å²) in [6.45, 7) is 5.82. The lowest BCUT2D eigenvalue weighted by Crippen LogP contribution is -2.33. The molecule has 1 saturated carbocycles. The highest BCUT2D eigenvalue weighted by Gasteiger charge is 2.37. The third-order valence-corrected chi connectivity index (χ3v) is 7.01. The maximum Gasteiger partial charge on any atom is 0.168 e. The summed E-state index contributed by atoms with van der Waals surface area (Å²) >= 11 is 0. The van der Waals surface area contributed by atoms with E-state index < -0.39 is 0 Å². The molecule has 0 bridgehead atoms. The number of Topliss-reactive ketones (excluding diaryl/α,β-unsaturated/α-hetero) is 2. The molecule has 2 aliphatic rings. The first-order valence-corrected chi connectivity index (χ1v) is 12.4. The fourth-order valence-electron chi connectivity index (χ4n) is 5.14. The molecular weight excluding hydrogens is 444 g/mol. The van der Waals surface area contributed by atoms with Gasteiger partial charge in [0, 0.05) is 37.8 Å². The van der Waals surface area contributed by atoms with Crippen molar-refractivity contribution in [3.63, 3.8) is 0 Å². The number of nitrogens with zero attached hydrogens (tertiary/aromatic N) is 2. The van der Waals surface area contributed by atoms with Crippen molar-refractivity contribution >= 4 is 17.3 Å². The van der Waals surface area contributed by atoms with Gasteiger partial charge in [-0.2, -0.15) is 0 Å². The molecule has 0 spiro atoms. The van der Waals surface area contributed by atoms with E-state index in [1.807, 2.05) is 51.1 Å². The Morgan fingerprint density at radius 3 is 2.60 bits per heavy atom. The normalized spacial score (nSPS) is 23.3. The molecule has 0 saturated heterocycles. The number of aryl methyl sites for hydroxylation is 1. The van der Waals surface area contributed by atoms with Gasteiger partial charge in [-0.1, -0.05) is 56.3 Å². The van der Waals surface area contributed by atoms with Crippen molar-refractivity contribution in [2.45, 2.75) is 77.7 Å². The number of allylic oxidation sites excluding steroid dienone is 2. The predicted octanol–water partition coefficient (Wildman–Crippen LogP) is 4.93. The highest BCUT2D eigenvalue weighted by atomic mass is 16.5. The fraction of sp³-hybridized carbons (Fsp3) is 0.500. The summed E-state index contributed by atoms with van der Waals surface area (Å²) in [5.74, 6) is 0.458. The van der Waals surface area contributed by atoms with Crippen LogP contribution in [0, 0.1) is 5.41 Å². The van der Waals surface area contributed by atoms with Crippen LogP contribution >= 0.6 is 0 Å². The highest BCUT2D eigenvalue weighted by molar-refractivity contribution is 6.24. The molecule has 4 rings (SSSR count). The number of carbonyl (C=O) groups excluding carboxylic acids is 2. The summed E-state index contributed by atoms with van der Waals surface area (Å²) < 4.78 is 5.55. The Morgan fingerprint density at radius 2 is 1.91 bits per heavy atom. The van der Waals surface area contributed by atoms with Crippen molar-refractivity contribution < 1.29 is 24.3 Å². The zero-order chi connectivity index (χ0) is 25.2. The molecule has 2 unspecified atom stereocenters. The molecule has 1 fully saturated rings. The standard InChI is InChI=1S/C28H34N2O5/c1-4-19(16-31)29-21-14-28(2,3)15-24(34)26(21)22(32)11-10-20-27-23(33)12-18(13-25(27)35-30-20)17-8-6-5-7-9-17/h5-9,18-19,31-32H,4,10-16H2,1-3H3. The van der Waals surface area contributed by atoms with Crippen molar-refractivity contribution in [2.24, 2.45) is 10.4 Å². The van der Waals surface area contributed by atoms with Gasteiger partial charge in [0.15, 0.2) is 11.6 Å². The lowest BCUT2D eigenvalue weighted by Gasteiger charge is -2.32. The summed E-state index contributed by atoms with van der Waals surface area (Å²) in [4.78, 5) is 30.6. The lowest BCUT2D eigenvalue weighted by molar-refractivity contribution is -0.117. The van der Waals surface area contributed by atoms with Crippen LogP contribution in [0.25, 0.3) is 0 Å². The van der Waals surface area contributed by atoms with Gasteiger partial charge in [-0.25, -0.2) is 0 Å². The predicted molar refractivity (Wildman–Crippen MR) is 133 cm³/mol. The number of aromatic nitrogens is 1. The van der Waals surface area contributed by atoms with Crippen molar-refractivity contribution in [2.75, 3.05) is 6.61 Å². The number of aliphatic hydroxyl groups excluding tert-OH is 2. The number of benzene rings is 1. The van der Waals surface area contributed by atoms with Gasteiger partial charge in [-0.3, -0.25) is 14.6 Å². The van der Waals surface area contributed by atoms with Crippen molar-refractivity contribution in [3.05, 3.63) is 64.2 Å². The monoisotopic (exact) mass is 478 g/mol. The zero-order valence-electron chi connectivity index (χ0n) is 20.7. The van der Waals surface area contributed by atoms with E-state index in [1.54, 1.807) is 0 Å². The average molecular weight is 479 g/mol. The molecule has 7 nitrogen and oxygen atoms in total. The molecule has 2 aliphatic carbocycles. The van der Waals surface area contributed by atoms with E-state index in [9.17, 15) is 19.8 Å². The number of carbonyl (C=O) groups is 2. The van der Waals surface area contributed by atoms with E-state index in [4.69, 9.17) is 4.52 Å². The minimum Gasteiger partial charge on any atom is -0.511 e. The van der Waals surface area contributed by atoms with Gasteiger partial charge in [0.1, 0.15) is 11.5 Å². The van der Waals surface area contributed by atoms with Gasteiger partial charge in [-0.05, 0) is 29.7 Å². The van der Waals surface area contributed by atoms with Gasteiger partial charge in [0.05, 0.1) is 29.5 Å². The van der Waals surface area contributed by atoms with E-state index in [2.05, 4.69) is 10.1 Å². The Kier molecular flexibility index (Phi) is 7.36. The van der Waals surface area contributed by atoms with Gasteiger partial charge in [0.25, 0.3) is 0 Å². The van der Waals surface area contributed by atoms with E-state index in [0.717, 1.165) is 5.56 Å². The molecule has 2 atom stereocenters. The van der Waals surface area contributed by atoms with Crippen molar-refractivity contribution in [3.8, 4) is 0 Å². The van der Waals surface area contributed by atoms with Crippen LogP contribution in [0.5, 0.6) is 0 Å². The third kappa shape index (κ3) is 5.45. The minimum atomic E-state index is -0.313. The van der Waals surface area contributed by atoms with Crippen LogP contribution in [0.4, 0.5) is 0 Å². The summed E-state index contributed by atoms with van der Waals surface area (Å²) in [5, 5.41) is 24.7. The highest BCUT2D eigenvalue weighted by Crippen LogP contribution is 2.37. The molecule has 2 N–H and O–H groups in total. The lowest BCUT2D eigenvalue weighted by atomic mass is 9.73. The van der Waals surface area contributed by atoms with Crippen LogP contribution in [-0.4, -0.2) is 45.3 Å². The topological polar surface area (TPSA) is 113 Å². The Balaban J connectivity index is 1.55.